The van der Waals surface area contributed by atoms with Crippen LogP contribution in [0.1, 0.15) is 19.4 Å². The molecule has 4 nitrogen and oxygen atoms in total. The Balaban J connectivity index is 2.03. The Morgan fingerprint density at radius 1 is 1.30 bits per heavy atom. The molecule has 0 aromatic heterocycles. The fourth-order valence-electron chi connectivity index (χ4n) is 2.47. The summed E-state index contributed by atoms with van der Waals surface area (Å²) < 4.78 is 41.8. The first-order valence-electron chi connectivity index (χ1n) is 7.91. The molecular weight excluding hydrogens is 304 g/mol. The van der Waals surface area contributed by atoms with Crippen LogP contribution >= 0.6 is 0 Å². The summed E-state index contributed by atoms with van der Waals surface area (Å²) in [6, 6.07) is 5.72. The van der Waals surface area contributed by atoms with Crippen LogP contribution in [0.4, 0.5) is 8.78 Å². The molecule has 2 rings (SSSR count). The van der Waals surface area contributed by atoms with Crippen LogP contribution in [-0.2, 0) is 11.3 Å². The zero-order valence-corrected chi connectivity index (χ0v) is 13.9. The summed E-state index contributed by atoms with van der Waals surface area (Å²) in [4.78, 5) is 1.98. The largest absolute Gasteiger partial charge is 0.493 e. The maximum Gasteiger partial charge on any atom is 0.265 e. The van der Waals surface area contributed by atoms with E-state index < -0.39 is 12.5 Å². The number of ether oxygens (including phenoxy) is 3. The summed E-state index contributed by atoms with van der Waals surface area (Å²) in [5, 5.41) is 0. The monoisotopic (exact) mass is 329 g/mol. The molecule has 23 heavy (non-hydrogen) atoms. The molecule has 1 aliphatic heterocycles. The molecule has 6 heteroatoms. The Morgan fingerprint density at radius 3 is 2.74 bits per heavy atom. The molecule has 0 radical (unpaired) electrons. The molecule has 0 spiro atoms. The van der Waals surface area contributed by atoms with Gasteiger partial charge in [-0.2, -0.15) is 0 Å². The smallest absolute Gasteiger partial charge is 0.265 e. The Bertz CT molecular complexity index is 497. The van der Waals surface area contributed by atoms with E-state index in [4.69, 9.17) is 14.2 Å². The van der Waals surface area contributed by atoms with Gasteiger partial charge in [0.25, 0.3) is 6.43 Å². The Hall–Kier alpha value is -1.40. The highest BCUT2D eigenvalue weighted by atomic mass is 19.3. The van der Waals surface area contributed by atoms with E-state index in [9.17, 15) is 8.78 Å². The van der Waals surface area contributed by atoms with Crippen LogP contribution in [-0.4, -0.2) is 50.8 Å². The minimum atomic E-state index is -2.45. The maximum atomic E-state index is 12.8. The molecule has 0 aliphatic carbocycles. The summed E-state index contributed by atoms with van der Waals surface area (Å²) in [6.45, 7) is 6.58. The van der Waals surface area contributed by atoms with E-state index in [1.54, 1.807) is 7.11 Å². The van der Waals surface area contributed by atoms with Crippen molar-refractivity contribution < 1.29 is 23.0 Å². The molecule has 130 valence electrons. The van der Waals surface area contributed by atoms with Crippen LogP contribution in [0.5, 0.6) is 11.5 Å². The summed E-state index contributed by atoms with van der Waals surface area (Å²) in [5.41, 5.74) is 1.01. The minimum Gasteiger partial charge on any atom is -0.493 e. The first-order chi connectivity index (χ1) is 11.0. The van der Waals surface area contributed by atoms with Gasteiger partial charge in [0, 0.05) is 19.6 Å². The quantitative estimate of drug-likeness (QED) is 0.769. The van der Waals surface area contributed by atoms with Gasteiger partial charge in [-0.05, 0) is 23.6 Å². The maximum absolute atomic E-state index is 12.8. The minimum absolute atomic E-state index is 0.242. The Labute approximate surface area is 136 Å². The van der Waals surface area contributed by atoms with E-state index >= 15 is 0 Å². The number of nitrogens with zero attached hydrogens (tertiary/aromatic N) is 1. The van der Waals surface area contributed by atoms with Crippen LogP contribution < -0.4 is 9.47 Å². The van der Waals surface area contributed by atoms with Crippen molar-refractivity contribution in [2.24, 2.45) is 5.92 Å². The third-order valence-electron chi connectivity index (χ3n) is 3.67. The molecule has 0 bridgehead atoms. The van der Waals surface area contributed by atoms with Gasteiger partial charge in [-0.3, -0.25) is 4.90 Å². The van der Waals surface area contributed by atoms with Gasteiger partial charge in [0.15, 0.2) is 11.5 Å². The van der Waals surface area contributed by atoms with Crippen molar-refractivity contribution in [3.05, 3.63) is 23.8 Å². The van der Waals surface area contributed by atoms with Gasteiger partial charge >= 0.3 is 0 Å². The Kier molecular flexibility index (Phi) is 6.59. The standard InChI is InChI=1S/C17H25F2NO3/c1-12(2)11-23-15-8-13(4-5-14(15)21-3)9-20-6-7-22-16(10-20)17(18)19/h4-5,8,12,16-17H,6-7,9-11H2,1-3H3. The molecule has 0 saturated carbocycles. The predicted molar refractivity (Wildman–Crippen MR) is 84.3 cm³/mol. The van der Waals surface area contributed by atoms with E-state index in [0.29, 0.717) is 43.7 Å². The van der Waals surface area contributed by atoms with Gasteiger partial charge in [0.05, 0.1) is 20.3 Å². The number of halogens is 2. The SMILES string of the molecule is COc1ccc(CN2CCOC(C(F)F)C2)cc1OCC(C)C. The molecule has 1 aromatic carbocycles. The summed E-state index contributed by atoms with van der Waals surface area (Å²) in [5.74, 6) is 1.79. The van der Waals surface area contributed by atoms with E-state index in [0.717, 1.165) is 5.56 Å². The number of benzene rings is 1. The molecule has 0 N–H and O–H groups in total. The number of rotatable bonds is 7. The van der Waals surface area contributed by atoms with Crippen LogP contribution in [0, 0.1) is 5.92 Å². The molecular formula is C17H25F2NO3. The van der Waals surface area contributed by atoms with Crippen molar-refractivity contribution in [1.82, 2.24) is 4.90 Å². The van der Waals surface area contributed by atoms with Crippen molar-refractivity contribution >= 4 is 0 Å². The van der Waals surface area contributed by atoms with Crippen molar-refractivity contribution in [3.63, 3.8) is 0 Å². The summed E-state index contributed by atoms with van der Waals surface area (Å²) >= 11 is 0. The zero-order chi connectivity index (χ0) is 16.8. The van der Waals surface area contributed by atoms with Crippen LogP contribution in [0.2, 0.25) is 0 Å². The average molecular weight is 329 g/mol. The van der Waals surface area contributed by atoms with Gasteiger partial charge in [-0.25, -0.2) is 8.78 Å². The molecule has 1 heterocycles. The third kappa shape index (κ3) is 5.32. The summed E-state index contributed by atoms with van der Waals surface area (Å²) in [6.07, 6.45) is -3.45. The highest BCUT2D eigenvalue weighted by Crippen LogP contribution is 2.29. The lowest BCUT2D eigenvalue weighted by Gasteiger charge is -2.32. The fourth-order valence-corrected chi connectivity index (χ4v) is 2.47. The lowest BCUT2D eigenvalue weighted by Crippen LogP contribution is -2.45. The fraction of sp³-hybridized carbons (Fsp3) is 0.647. The summed E-state index contributed by atoms with van der Waals surface area (Å²) in [7, 11) is 1.60. The molecule has 1 aromatic rings. The van der Waals surface area contributed by atoms with Gasteiger partial charge in [-0.15, -0.1) is 0 Å². The van der Waals surface area contributed by atoms with E-state index in [-0.39, 0.29) is 6.54 Å². The lowest BCUT2D eigenvalue weighted by atomic mass is 10.1. The van der Waals surface area contributed by atoms with E-state index in [1.807, 2.05) is 23.1 Å². The van der Waals surface area contributed by atoms with Crippen LogP contribution in [0.15, 0.2) is 18.2 Å². The van der Waals surface area contributed by atoms with Gasteiger partial charge in [0.1, 0.15) is 6.10 Å². The second-order valence-electron chi connectivity index (χ2n) is 6.17. The topological polar surface area (TPSA) is 30.9 Å². The number of hydrogen-bond donors (Lipinski definition) is 0. The molecule has 1 fully saturated rings. The molecule has 1 aliphatic rings. The van der Waals surface area contributed by atoms with Gasteiger partial charge in [-0.1, -0.05) is 19.9 Å². The first kappa shape index (κ1) is 17.9. The lowest BCUT2D eigenvalue weighted by molar-refractivity contribution is -0.104. The number of hydrogen-bond acceptors (Lipinski definition) is 4. The molecule has 1 atom stereocenters. The van der Waals surface area contributed by atoms with Crippen molar-refractivity contribution in [2.45, 2.75) is 32.9 Å². The number of alkyl halides is 2. The molecule has 1 saturated heterocycles. The predicted octanol–water partition coefficient (Wildman–Crippen LogP) is 3.20. The van der Waals surface area contributed by atoms with Gasteiger partial charge in [0.2, 0.25) is 0 Å². The highest BCUT2D eigenvalue weighted by Gasteiger charge is 2.27. The van der Waals surface area contributed by atoms with Crippen molar-refractivity contribution in [3.8, 4) is 11.5 Å². The highest BCUT2D eigenvalue weighted by molar-refractivity contribution is 5.43. The number of morpholine rings is 1. The van der Waals surface area contributed by atoms with Crippen LogP contribution in [0.25, 0.3) is 0 Å². The molecule has 0 amide bonds. The zero-order valence-electron chi connectivity index (χ0n) is 13.9. The molecule has 1 unspecified atom stereocenters. The van der Waals surface area contributed by atoms with E-state index in [1.165, 1.54) is 0 Å². The van der Waals surface area contributed by atoms with Crippen LogP contribution in [0.3, 0.4) is 0 Å². The first-order valence-corrected chi connectivity index (χ1v) is 7.91. The third-order valence-corrected chi connectivity index (χ3v) is 3.67. The average Bonchev–Trinajstić information content (AvgIpc) is 2.53. The van der Waals surface area contributed by atoms with Crippen molar-refractivity contribution in [1.29, 1.82) is 0 Å². The van der Waals surface area contributed by atoms with Gasteiger partial charge < -0.3 is 14.2 Å². The van der Waals surface area contributed by atoms with Crippen molar-refractivity contribution in [2.75, 3.05) is 33.4 Å². The van der Waals surface area contributed by atoms with E-state index in [2.05, 4.69) is 13.8 Å². The second-order valence-corrected chi connectivity index (χ2v) is 6.17. The Morgan fingerprint density at radius 2 is 2.09 bits per heavy atom. The number of methoxy groups -OCH3 is 1. The normalized spacial score (nSPS) is 19.3. The second kappa shape index (κ2) is 8.45.